The first-order valence-electron chi connectivity index (χ1n) is 13.7. The number of hydrogen-bond acceptors (Lipinski definition) is 6. The molecule has 0 saturated carbocycles. The number of nitrogens with zero attached hydrogens (tertiary/aromatic N) is 6. The number of carbonyl (C=O) groups is 2. The van der Waals surface area contributed by atoms with E-state index in [1.54, 1.807) is 41.3 Å². The third-order valence-electron chi connectivity index (χ3n) is 7.55. The normalized spacial score (nSPS) is 15.1. The highest BCUT2D eigenvalue weighted by molar-refractivity contribution is 6.08. The minimum atomic E-state index is -2.80. The van der Waals surface area contributed by atoms with Crippen LogP contribution < -0.4 is 11.1 Å². The lowest BCUT2D eigenvalue weighted by molar-refractivity contribution is -0.127. The number of likely N-dealkylation sites (tertiary alicyclic amines) is 1. The van der Waals surface area contributed by atoms with E-state index < -0.39 is 6.55 Å². The van der Waals surface area contributed by atoms with Crippen LogP contribution in [0.3, 0.4) is 0 Å². The summed E-state index contributed by atoms with van der Waals surface area (Å²) in [7, 11) is 0. The van der Waals surface area contributed by atoms with Crippen molar-refractivity contribution >= 4 is 34.2 Å². The summed E-state index contributed by atoms with van der Waals surface area (Å²) >= 11 is 0. The number of aromatic nitrogens is 5. The molecular formula is C31H28F2N8O2. The molecule has 2 amide bonds. The van der Waals surface area contributed by atoms with Crippen molar-refractivity contribution in [1.82, 2.24) is 29.4 Å². The van der Waals surface area contributed by atoms with Crippen LogP contribution in [0.15, 0.2) is 85.8 Å². The zero-order chi connectivity index (χ0) is 30.1. The number of piperidine rings is 1. The number of anilines is 2. The second-order valence-electron chi connectivity index (χ2n) is 10.2. The number of fused-ring (bicyclic) bond motifs is 1. The Labute approximate surface area is 245 Å². The molecule has 43 heavy (non-hydrogen) atoms. The molecular weight excluding hydrogens is 554 g/mol. The number of amides is 2. The Bertz CT molecular complexity index is 1820. The molecule has 3 N–H and O–H groups in total. The van der Waals surface area contributed by atoms with Gasteiger partial charge in [0.1, 0.15) is 11.5 Å². The lowest BCUT2D eigenvalue weighted by atomic mass is 10.0. The van der Waals surface area contributed by atoms with E-state index in [0.29, 0.717) is 62.3 Å². The Balaban J connectivity index is 1.46. The fourth-order valence-corrected chi connectivity index (χ4v) is 5.44. The van der Waals surface area contributed by atoms with E-state index in [2.05, 4.69) is 22.0 Å². The molecule has 2 aromatic carbocycles. The summed E-state index contributed by atoms with van der Waals surface area (Å²) in [5.74, 6) is -0.228. The van der Waals surface area contributed by atoms with E-state index in [-0.39, 0.29) is 23.7 Å². The van der Waals surface area contributed by atoms with Gasteiger partial charge in [0.2, 0.25) is 5.91 Å². The molecule has 1 unspecified atom stereocenters. The van der Waals surface area contributed by atoms with Gasteiger partial charge in [0, 0.05) is 53.4 Å². The number of para-hydroxylation sites is 1. The molecule has 3 aromatic heterocycles. The largest absolute Gasteiger partial charge is 0.383 e. The van der Waals surface area contributed by atoms with E-state index in [1.165, 1.54) is 24.7 Å². The van der Waals surface area contributed by atoms with Gasteiger partial charge in [-0.3, -0.25) is 14.3 Å². The monoisotopic (exact) mass is 582 g/mol. The van der Waals surface area contributed by atoms with Crippen molar-refractivity contribution < 1.29 is 18.4 Å². The van der Waals surface area contributed by atoms with Gasteiger partial charge in [0.05, 0.1) is 23.1 Å². The number of nitrogens with one attached hydrogen (secondary N) is 1. The molecule has 0 aliphatic carbocycles. The van der Waals surface area contributed by atoms with Gasteiger partial charge in [-0.1, -0.05) is 36.9 Å². The number of nitrogens with two attached hydrogens (primary N) is 1. The Morgan fingerprint density at radius 3 is 2.53 bits per heavy atom. The summed E-state index contributed by atoms with van der Waals surface area (Å²) in [6.07, 6.45) is 6.89. The van der Waals surface area contributed by atoms with Crippen molar-refractivity contribution in [1.29, 1.82) is 0 Å². The van der Waals surface area contributed by atoms with Gasteiger partial charge in [-0.2, -0.15) is 19.0 Å². The smallest absolute Gasteiger partial charge is 0.333 e. The summed E-state index contributed by atoms with van der Waals surface area (Å²) in [5.41, 5.74) is 10.3. The maximum atomic E-state index is 13.4. The highest BCUT2D eigenvalue weighted by Gasteiger charge is 2.29. The number of benzene rings is 2. The van der Waals surface area contributed by atoms with Crippen molar-refractivity contribution in [2.24, 2.45) is 0 Å². The average Bonchev–Trinajstić information content (AvgIpc) is 3.69. The first-order chi connectivity index (χ1) is 20.8. The maximum absolute atomic E-state index is 13.4. The van der Waals surface area contributed by atoms with Crippen LogP contribution in [0.25, 0.3) is 33.3 Å². The van der Waals surface area contributed by atoms with Gasteiger partial charge < -0.3 is 16.0 Å². The van der Waals surface area contributed by atoms with Crippen molar-refractivity contribution in [2.75, 3.05) is 24.1 Å². The average molecular weight is 583 g/mol. The van der Waals surface area contributed by atoms with Gasteiger partial charge in [-0.25, -0.2) is 9.67 Å². The standard InChI is InChI=1S/C31H28F2N8O2/c1-2-25(42)39-14-6-9-23(18-39)41-28-24(21-15-36-40(17-21)31(32)33)16-35-29(34)26(28)27(38-41)19-10-12-20(13-11-19)30(43)37-22-7-4-3-5-8-22/h2-5,7-8,10-13,15-17,23,31H,1,6,9,14,18H2,(H2,34,35)(H,37,43). The quantitative estimate of drug-likeness (QED) is 0.243. The van der Waals surface area contributed by atoms with Crippen molar-refractivity contribution in [3.63, 3.8) is 0 Å². The van der Waals surface area contributed by atoms with Crippen LogP contribution in [0.2, 0.25) is 0 Å². The zero-order valence-corrected chi connectivity index (χ0v) is 23.0. The van der Waals surface area contributed by atoms with Gasteiger partial charge >= 0.3 is 6.55 Å². The molecule has 10 nitrogen and oxygen atoms in total. The van der Waals surface area contributed by atoms with E-state index in [4.69, 9.17) is 10.8 Å². The lowest BCUT2D eigenvalue weighted by Crippen LogP contribution is -2.40. The summed E-state index contributed by atoms with van der Waals surface area (Å²) in [6.45, 7) is 1.79. The molecule has 0 spiro atoms. The first-order valence-corrected chi connectivity index (χ1v) is 13.7. The fraction of sp³-hybridized carbons (Fsp3) is 0.194. The Morgan fingerprint density at radius 2 is 1.84 bits per heavy atom. The fourth-order valence-electron chi connectivity index (χ4n) is 5.44. The molecule has 1 aliphatic rings. The first kappa shape index (κ1) is 27.8. The molecule has 1 fully saturated rings. The van der Waals surface area contributed by atoms with Crippen molar-refractivity contribution in [3.05, 3.63) is 91.4 Å². The number of nitrogen functional groups attached to an aromatic ring is 1. The number of rotatable bonds is 7. The Kier molecular flexibility index (Phi) is 7.41. The van der Waals surface area contributed by atoms with Gasteiger partial charge in [-0.15, -0.1) is 0 Å². The zero-order valence-electron chi connectivity index (χ0n) is 23.0. The second-order valence-corrected chi connectivity index (χ2v) is 10.2. The molecule has 1 atom stereocenters. The Hall–Kier alpha value is -5.39. The molecule has 218 valence electrons. The number of carbonyl (C=O) groups excluding carboxylic acids is 2. The van der Waals surface area contributed by atoms with Crippen LogP contribution in [0.1, 0.15) is 35.8 Å². The van der Waals surface area contributed by atoms with Crippen LogP contribution in [0.4, 0.5) is 20.3 Å². The van der Waals surface area contributed by atoms with Crippen molar-refractivity contribution in [3.8, 4) is 22.4 Å². The topological polar surface area (TPSA) is 124 Å². The van der Waals surface area contributed by atoms with Crippen LogP contribution in [-0.2, 0) is 4.79 Å². The predicted octanol–water partition coefficient (Wildman–Crippen LogP) is 5.54. The minimum absolute atomic E-state index is 0.176. The van der Waals surface area contributed by atoms with E-state index in [0.717, 1.165) is 12.8 Å². The summed E-state index contributed by atoms with van der Waals surface area (Å²) in [5, 5.41) is 12.2. The van der Waals surface area contributed by atoms with Crippen molar-refractivity contribution in [2.45, 2.75) is 25.4 Å². The van der Waals surface area contributed by atoms with E-state index in [9.17, 15) is 18.4 Å². The van der Waals surface area contributed by atoms with Gasteiger partial charge in [-0.05, 0) is 43.2 Å². The molecule has 0 bridgehead atoms. The SMILES string of the molecule is C=CC(=O)N1CCCC(n2nc(-c3ccc(C(=O)Nc4ccccc4)cc3)c3c(N)ncc(-c4cnn(C(F)F)c4)c32)C1. The van der Waals surface area contributed by atoms with Crippen LogP contribution in [0, 0.1) is 0 Å². The molecule has 5 aromatic rings. The predicted molar refractivity (Wildman–Crippen MR) is 159 cm³/mol. The maximum Gasteiger partial charge on any atom is 0.333 e. The van der Waals surface area contributed by atoms with Crippen LogP contribution in [-0.4, -0.2) is 54.3 Å². The third-order valence-corrected chi connectivity index (χ3v) is 7.55. The van der Waals surface area contributed by atoms with E-state index in [1.807, 2.05) is 22.9 Å². The summed E-state index contributed by atoms with van der Waals surface area (Å²) < 4.78 is 29.2. The number of halogens is 2. The van der Waals surface area contributed by atoms with Crippen LogP contribution in [0.5, 0.6) is 0 Å². The molecule has 0 radical (unpaired) electrons. The van der Waals surface area contributed by atoms with E-state index >= 15 is 0 Å². The third kappa shape index (κ3) is 5.34. The highest BCUT2D eigenvalue weighted by atomic mass is 19.3. The number of pyridine rings is 1. The van der Waals surface area contributed by atoms with Gasteiger partial charge in [0.15, 0.2) is 0 Å². The second kappa shape index (κ2) is 11.5. The molecule has 6 rings (SSSR count). The summed E-state index contributed by atoms with van der Waals surface area (Å²) in [4.78, 5) is 31.4. The molecule has 1 saturated heterocycles. The molecule has 1 aliphatic heterocycles. The number of hydrogen-bond donors (Lipinski definition) is 2. The number of alkyl halides is 2. The lowest BCUT2D eigenvalue weighted by Gasteiger charge is -2.32. The van der Waals surface area contributed by atoms with Crippen LogP contribution >= 0.6 is 0 Å². The minimum Gasteiger partial charge on any atom is -0.383 e. The van der Waals surface area contributed by atoms with Gasteiger partial charge in [0.25, 0.3) is 5.91 Å². The highest BCUT2D eigenvalue weighted by Crippen LogP contribution is 2.40. The molecule has 4 heterocycles. The summed E-state index contributed by atoms with van der Waals surface area (Å²) in [6, 6.07) is 15.9. The Morgan fingerprint density at radius 1 is 1.07 bits per heavy atom. The molecule has 12 heteroatoms.